The average Bonchev–Trinajstić information content (AvgIpc) is 2.12. The summed E-state index contributed by atoms with van der Waals surface area (Å²) in [7, 11) is 0. The van der Waals surface area contributed by atoms with Crippen molar-refractivity contribution in [2.75, 3.05) is 0 Å². The lowest BCUT2D eigenvalue weighted by atomic mass is 9.91. The molecule has 0 radical (unpaired) electrons. The molecule has 3 heteroatoms. The summed E-state index contributed by atoms with van der Waals surface area (Å²) in [5, 5.41) is 0. The highest BCUT2D eigenvalue weighted by molar-refractivity contribution is 9.10. The first-order valence-electron chi connectivity index (χ1n) is 4.15. The number of alkyl halides is 1. The number of benzene rings is 1. The molecule has 1 aromatic carbocycles. The summed E-state index contributed by atoms with van der Waals surface area (Å²) in [5.41, 5.74) is 2.03. The summed E-state index contributed by atoms with van der Waals surface area (Å²) in [6.07, 6.45) is 1.90. The minimum atomic E-state index is 0.00861. The van der Waals surface area contributed by atoms with E-state index in [2.05, 4.69) is 31.9 Å². The molecule has 1 aliphatic carbocycles. The molecule has 1 nitrogen and oxygen atoms in total. The molecule has 1 aromatic rings. The minimum absolute atomic E-state index is 0.00861. The second-order valence-corrected chi connectivity index (χ2v) is 5.19. The van der Waals surface area contributed by atoms with E-state index >= 15 is 0 Å². The summed E-state index contributed by atoms with van der Waals surface area (Å²) < 4.78 is 0.973. The van der Waals surface area contributed by atoms with Crippen LogP contribution in [0.1, 0.15) is 22.3 Å². The van der Waals surface area contributed by atoms with Crippen LogP contribution in [-0.4, -0.2) is 10.6 Å². The Labute approximate surface area is 93.8 Å². The van der Waals surface area contributed by atoms with Crippen LogP contribution in [0.3, 0.4) is 0 Å². The monoisotopic (exact) mass is 302 g/mol. The molecule has 0 spiro atoms. The first-order valence-corrected chi connectivity index (χ1v) is 5.86. The molecular formula is C10H8Br2O. The molecule has 2 rings (SSSR count). The van der Waals surface area contributed by atoms with Crippen LogP contribution >= 0.6 is 31.9 Å². The van der Waals surface area contributed by atoms with Gasteiger partial charge in [0.2, 0.25) is 0 Å². The molecule has 0 aromatic heterocycles. The van der Waals surface area contributed by atoms with Gasteiger partial charge in [-0.3, -0.25) is 4.79 Å². The zero-order valence-corrected chi connectivity index (χ0v) is 10.1. The Balaban J connectivity index is 2.51. The number of carbonyl (C=O) groups excluding carboxylic acids is 1. The van der Waals surface area contributed by atoms with Crippen LogP contribution in [0.25, 0.3) is 0 Å². The highest BCUT2D eigenvalue weighted by atomic mass is 79.9. The third-order valence-electron chi connectivity index (χ3n) is 2.29. The number of aryl methyl sites for hydroxylation is 1. The second-order valence-electron chi connectivity index (χ2n) is 3.17. The van der Waals surface area contributed by atoms with Crippen molar-refractivity contribution in [1.29, 1.82) is 0 Å². The van der Waals surface area contributed by atoms with Gasteiger partial charge < -0.3 is 0 Å². The van der Waals surface area contributed by atoms with Crippen LogP contribution in [0.4, 0.5) is 0 Å². The predicted octanol–water partition coefficient (Wildman–Crippen LogP) is 3.34. The summed E-state index contributed by atoms with van der Waals surface area (Å²) in [5.74, 6) is 0.211. The molecule has 1 unspecified atom stereocenters. The lowest BCUT2D eigenvalue weighted by molar-refractivity contribution is 0.0981. The van der Waals surface area contributed by atoms with Gasteiger partial charge in [-0.25, -0.2) is 0 Å². The van der Waals surface area contributed by atoms with Crippen molar-refractivity contribution < 1.29 is 4.79 Å². The molecule has 0 bridgehead atoms. The summed E-state index contributed by atoms with van der Waals surface area (Å²) in [6, 6.07) is 5.92. The molecule has 0 amide bonds. The van der Waals surface area contributed by atoms with Gasteiger partial charge in [-0.15, -0.1) is 0 Å². The fourth-order valence-electron chi connectivity index (χ4n) is 1.58. The quantitative estimate of drug-likeness (QED) is 0.672. The average molecular weight is 304 g/mol. The highest BCUT2D eigenvalue weighted by Gasteiger charge is 2.24. The summed E-state index contributed by atoms with van der Waals surface area (Å²) >= 11 is 6.75. The zero-order valence-electron chi connectivity index (χ0n) is 6.89. The van der Waals surface area contributed by atoms with Gasteiger partial charge >= 0.3 is 0 Å². The molecular weight excluding hydrogens is 296 g/mol. The van der Waals surface area contributed by atoms with E-state index in [-0.39, 0.29) is 10.6 Å². The fraction of sp³-hybridized carbons (Fsp3) is 0.300. The summed E-state index contributed by atoms with van der Waals surface area (Å²) in [4.78, 5) is 11.7. The van der Waals surface area contributed by atoms with E-state index in [0.717, 1.165) is 22.9 Å². The normalized spacial score (nSPS) is 21.4. The Morgan fingerprint density at radius 3 is 2.92 bits per heavy atom. The Hall–Kier alpha value is -0.150. The van der Waals surface area contributed by atoms with Gasteiger partial charge in [0.1, 0.15) is 0 Å². The van der Waals surface area contributed by atoms with Crippen molar-refractivity contribution in [2.24, 2.45) is 0 Å². The molecule has 0 saturated heterocycles. The van der Waals surface area contributed by atoms with Crippen molar-refractivity contribution in [3.63, 3.8) is 0 Å². The van der Waals surface area contributed by atoms with E-state index in [9.17, 15) is 4.79 Å². The van der Waals surface area contributed by atoms with Crippen LogP contribution < -0.4 is 0 Å². The van der Waals surface area contributed by atoms with Crippen molar-refractivity contribution in [1.82, 2.24) is 0 Å². The van der Waals surface area contributed by atoms with Crippen LogP contribution in [0.2, 0.25) is 0 Å². The largest absolute Gasteiger partial charge is 0.293 e. The molecule has 0 N–H and O–H groups in total. The van der Waals surface area contributed by atoms with Crippen molar-refractivity contribution in [2.45, 2.75) is 17.7 Å². The number of fused-ring (bicyclic) bond motifs is 1. The third-order valence-corrected chi connectivity index (χ3v) is 3.66. The number of hydrogen-bond donors (Lipinski definition) is 0. The topological polar surface area (TPSA) is 17.1 Å². The van der Waals surface area contributed by atoms with Gasteiger partial charge in [0, 0.05) is 10.0 Å². The zero-order chi connectivity index (χ0) is 9.42. The van der Waals surface area contributed by atoms with Crippen LogP contribution in [0.5, 0.6) is 0 Å². The maximum absolute atomic E-state index is 11.7. The number of halogens is 2. The van der Waals surface area contributed by atoms with Crippen LogP contribution in [0.15, 0.2) is 22.7 Å². The highest BCUT2D eigenvalue weighted by Crippen LogP contribution is 2.27. The van der Waals surface area contributed by atoms with Crippen LogP contribution in [0, 0.1) is 0 Å². The van der Waals surface area contributed by atoms with Gasteiger partial charge in [-0.05, 0) is 30.5 Å². The van der Waals surface area contributed by atoms with E-state index in [1.807, 2.05) is 18.2 Å². The standard InChI is InChI=1S/C10H8Br2O/c11-7-3-1-6-2-4-9(12)10(13)8(6)5-7/h1,3,5,9H,2,4H2. The molecule has 13 heavy (non-hydrogen) atoms. The molecule has 1 atom stereocenters. The first-order chi connectivity index (χ1) is 6.18. The van der Waals surface area contributed by atoms with E-state index in [4.69, 9.17) is 0 Å². The maximum Gasteiger partial charge on any atom is 0.176 e. The Kier molecular flexibility index (Phi) is 2.56. The number of ketones is 1. The maximum atomic E-state index is 11.7. The van der Waals surface area contributed by atoms with Gasteiger partial charge in [0.15, 0.2) is 5.78 Å². The lowest BCUT2D eigenvalue weighted by Gasteiger charge is -2.18. The molecule has 0 heterocycles. The van der Waals surface area contributed by atoms with E-state index in [1.165, 1.54) is 5.56 Å². The second kappa shape index (κ2) is 3.54. The lowest BCUT2D eigenvalue weighted by Crippen LogP contribution is -2.22. The van der Waals surface area contributed by atoms with E-state index < -0.39 is 0 Å². The van der Waals surface area contributed by atoms with Gasteiger partial charge in [0.05, 0.1) is 4.83 Å². The SMILES string of the molecule is O=C1c2cc(Br)ccc2CCC1Br. The van der Waals surface area contributed by atoms with Gasteiger partial charge in [-0.1, -0.05) is 37.9 Å². The van der Waals surface area contributed by atoms with Crippen molar-refractivity contribution in [3.8, 4) is 0 Å². The van der Waals surface area contributed by atoms with E-state index in [0.29, 0.717) is 0 Å². The molecule has 0 aliphatic heterocycles. The molecule has 0 saturated carbocycles. The Bertz CT molecular complexity index is 360. The van der Waals surface area contributed by atoms with Gasteiger partial charge in [-0.2, -0.15) is 0 Å². The Morgan fingerprint density at radius 2 is 2.15 bits per heavy atom. The number of rotatable bonds is 0. The predicted molar refractivity (Wildman–Crippen MR) is 59.5 cm³/mol. The number of Topliss-reactive ketones (excluding diaryl/α,β-unsaturated/α-hetero) is 1. The number of hydrogen-bond acceptors (Lipinski definition) is 1. The first kappa shape index (κ1) is 9.41. The van der Waals surface area contributed by atoms with Crippen molar-refractivity contribution >= 4 is 37.6 Å². The third kappa shape index (κ3) is 1.72. The Morgan fingerprint density at radius 1 is 1.38 bits per heavy atom. The molecule has 0 fully saturated rings. The minimum Gasteiger partial charge on any atom is -0.293 e. The molecule has 68 valence electrons. The van der Waals surface area contributed by atoms with Gasteiger partial charge in [0.25, 0.3) is 0 Å². The summed E-state index contributed by atoms with van der Waals surface area (Å²) in [6.45, 7) is 0. The smallest absolute Gasteiger partial charge is 0.176 e. The number of carbonyl (C=O) groups is 1. The fourth-order valence-corrected chi connectivity index (χ4v) is 2.41. The van der Waals surface area contributed by atoms with Crippen molar-refractivity contribution in [3.05, 3.63) is 33.8 Å². The van der Waals surface area contributed by atoms with E-state index in [1.54, 1.807) is 0 Å². The van der Waals surface area contributed by atoms with Crippen LogP contribution in [-0.2, 0) is 6.42 Å². The molecule has 1 aliphatic rings.